The maximum Gasteiger partial charge on any atom is 0.254 e. The third-order valence-electron chi connectivity index (χ3n) is 5.18. The predicted molar refractivity (Wildman–Crippen MR) is 108 cm³/mol. The van der Waals surface area contributed by atoms with Crippen molar-refractivity contribution < 1.29 is 22.7 Å². The van der Waals surface area contributed by atoms with Gasteiger partial charge in [-0.25, -0.2) is 8.42 Å². The van der Waals surface area contributed by atoms with Gasteiger partial charge in [-0.15, -0.1) is 0 Å². The SMILES string of the molecule is Cc1ccc(S(=O)(=O)N2CCN(C(=O)c3ccc4c(c3)OCCCO4)CC2)cc1. The molecule has 2 aliphatic rings. The summed E-state index contributed by atoms with van der Waals surface area (Å²) >= 11 is 0. The molecule has 0 unspecified atom stereocenters. The summed E-state index contributed by atoms with van der Waals surface area (Å²) in [6.07, 6.45) is 0.801. The Labute approximate surface area is 170 Å². The maximum atomic E-state index is 12.9. The fourth-order valence-electron chi connectivity index (χ4n) is 3.47. The number of hydrogen-bond acceptors (Lipinski definition) is 5. The average Bonchev–Trinajstić information content (AvgIpc) is 2.98. The molecule has 0 aromatic heterocycles. The normalized spacial score (nSPS) is 17.6. The van der Waals surface area contributed by atoms with Crippen molar-refractivity contribution in [2.75, 3.05) is 39.4 Å². The lowest BCUT2D eigenvalue weighted by atomic mass is 10.1. The lowest BCUT2D eigenvalue weighted by Gasteiger charge is -2.34. The quantitative estimate of drug-likeness (QED) is 0.768. The zero-order chi connectivity index (χ0) is 20.4. The minimum atomic E-state index is -3.55. The summed E-state index contributed by atoms with van der Waals surface area (Å²) in [4.78, 5) is 14.9. The first-order chi connectivity index (χ1) is 13.9. The fourth-order valence-corrected chi connectivity index (χ4v) is 4.89. The number of benzene rings is 2. The van der Waals surface area contributed by atoms with E-state index < -0.39 is 10.0 Å². The third-order valence-corrected chi connectivity index (χ3v) is 7.09. The molecule has 2 aromatic carbocycles. The van der Waals surface area contributed by atoms with Gasteiger partial charge >= 0.3 is 0 Å². The number of nitrogens with zero attached hydrogens (tertiary/aromatic N) is 2. The molecule has 8 heteroatoms. The van der Waals surface area contributed by atoms with E-state index in [1.165, 1.54) is 4.31 Å². The fraction of sp³-hybridized carbons (Fsp3) is 0.381. The Balaban J connectivity index is 1.43. The van der Waals surface area contributed by atoms with Crippen LogP contribution >= 0.6 is 0 Å². The minimum absolute atomic E-state index is 0.131. The van der Waals surface area contributed by atoms with Crippen LogP contribution in [0.5, 0.6) is 11.5 Å². The molecular formula is C21H24N2O5S. The topological polar surface area (TPSA) is 76.2 Å². The van der Waals surface area contributed by atoms with Gasteiger partial charge in [0.1, 0.15) is 0 Å². The molecule has 0 N–H and O–H groups in total. The molecule has 0 atom stereocenters. The molecule has 1 saturated heterocycles. The molecule has 1 fully saturated rings. The number of hydrogen-bond donors (Lipinski definition) is 0. The van der Waals surface area contributed by atoms with Crippen molar-refractivity contribution >= 4 is 15.9 Å². The summed E-state index contributed by atoms with van der Waals surface area (Å²) in [5, 5.41) is 0. The lowest BCUT2D eigenvalue weighted by molar-refractivity contribution is 0.0697. The van der Waals surface area contributed by atoms with Crippen LogP contribution < -0.4 is 9.47 Å². The van der Waals surface area contributed by atoms with Gasteiger partial charge in [0.15, 0.2) is 11.5 Å². The number of rotatable bonds is 3. The number of piperazine rings is 1. The van der Waals surface area contributed by atoms with Gasteiger partial charge < -0.3 is 14.4 Å². The largest absolute Gasteiger partial charge is 0.490 e. The molecule has 0 radical (unpaired) electrons. The first kappa shape index (κ1) is 19.7. The van der Waals surface area contributed by atoms with Crippen LogP contribution in [0.3, 0.4) is 0 Å². The zero-order valence-corrected chi connectivity index (χ0v) is 17.2. The van der Waals surface area contributed by atoms with Crippen LogP contribution in [0.15, 0.2) is 47.4 Å². The number of ether oxygens (including phenoxy) is 2. The van der Waals surface area contributed by atoms with Crippen LogP contribution in [0.2, 0.25) is 0 Å². The standard InChI is InChI=1S/C21H24N2O5S/c1-16-3-6-18(7-4-16)29(25,26)23-11-9-22(10-12-23)21(24)17-5-8-19-20(15-17)28-14-2-13-27-19/h3-8,15H,2,9-14H2,1H3. The molecule has 2 heterocycles. The van der Waals surface area contributed by atoms with Gasteiger partial charge in [-0.3, -0.25) is 4.79 Å². The monoisotopic (exact) mass is 416 g/mol. The molecule has 0 spiro atoms. The van der Waals surface area contributed by atoms with Gasteiger partial charge in [-0.05, 0) is 37.3 Å². The first-order valence-electron chi connectivity index (χ1n) is 9.71. The Bertz CT molecular complexity index is 996. The molecule has 2 aromatic rings. The third kappa shape index (κ3) is 4.09. The molecule has 4 rings (SSSR count). The van der Waals surface area contributed by atoms with Gasteiger partial charge in [0.25, 0.3) is 5.91 Å². The number of aryl methyl sites for hydroxylation is 1. The summed E-state index contributed by atoms with van der Waals surface area (Å²) in [7, 11) is -3.55. The molecule has 0 aliphatic carbocycles. The van der Waals surface area contributed by atoms with E-state index in [1.54, 1.807) is 47.4 Å². The summed E-state index contributed by atoms with van der Waals surface area (Å²) in [5.74, 6) is 1.09. The lowest BCUT2D eigenvalue weighted by Crippen LogP contribution is -2.50. The van der Waals surface area contributed by atoms with Crippen LogP contribution in [0.1, 0.15) is 22.3 Å². The molecule has 29 heavy (non-hydrogen) atoms. The van der Waals surface area contributed by atoms with E-state index in [4.69, 9.17) is 9.47 Å². The van der Waals surface area contributed by atoms with Crippen molar-refractivity contribution in [3.63, 3.8) is 0 Å². The van der Waals surface area contributed by atoms with Crippen molar-refractivity contribution in [2.24, 2.45) is 0 Å². The smallest absolute Gasteiger partial charge is 0.254 e. The van der Waals surface area contributed by atoms with Gasteiger partial charge in [0, 0.05) is 38.2 Å². The Morgan fingerprint density at radius 2 is 1.55 bits per heavy atom. The van der Waals surface area contributed by atoms with E-state index in [1.807, 2.05) is 6.92 Å². The number of sulfonamides is 1. The molecule has 154 valence electrons. The van der Waals surface area contributed by atoms with Crippen LogP contribution in [-0.4, -0.2) is 62.9 Å². The number of carbonyl (C=O) groups is 1. The number of carbonyl (C=O) groups excluding carboxylic acids is 1. The molecule has 0 bridgehead atoms. The summed E-state index contributed by atoms with van der Waals surface area (Å²) < 4.78 is 38.4. The maximum absolute atomic E-state index is 12.9. The highest BCUT2D eigenvalue weighted by Crippen LogP contribution is 2.31. The van der Waals surface area contributed by atoms with Crippen LogP contribution in [0, 0.1) is 6.92 Å². The summed E-state index contributed by atoms with van der Waals surface area (Å²) in [6.45, 7) is 4.30. The van der Waals surface area contributed by atoms with E-state index in [0.29, 0.717) is 43.4 Å². The Hall–Kier alpha value is -2.58. The Morgan fingerprint density at radius 3 is 2.24 bits per heavy atom. The van der Waals surface area contributed by atoms with Crippen LogP contribution in [0.25, 0.3) is 0 Å². The predicted octanol–water partition coefficient (Wildman–Crippen LogP) is 2.30. The second-order valence-electron chi connectivity index (χ2n) is 7.22. The van der Waals surface area contributed by atoms with Crippen molar-refractivity contribution in [3.8, 4) is 11.5 Å². The van der Waals surface area contributed by atoms with Crippen molar-refractivity contribution in [1.82, 2.24) is 9.21 Å². The van der Waals surface area contributed by atoms with E-state index in [-0.39, 0.29) is 23.9 Å². The molecule has 1 amide bonds. The zero-order valence-electron chi connectivity index (χ0n) is 16.3. The Kier molecular flexibility index (Phi) is 5.47. The molecule has 0 saturated carbocycles. The van der Waals surface area contributed by atoms with E-state index in [2.05, 4.69) is 0 Å². The van der Waals surface area contributed by atoms with Gasteiger partial charge in [0.05, 0.1) is 18.1 Å². The summed E-state index contributed by atoms with van der Waals surface area (Å²) in [5.41, 5.74) is 1.53. The van der Waals surface area contributed by atoms with Crippen LogP contribution in [-0.2, 0) is 10.0 Å². The first-order valence-corrected chi connectivity index (χ1v) is 11.1. The second-order valence-corrected chi connectivity index (χ2v) is 9.16. The van der Waals surface area contributed by atoms with Gasteiger partial charge in [0.2, 0.25) is 10.0 Å². The van der Waals surface area contributed by atoms with Crippen LogP contribution in [0.4, 0.5) is 0 Å². The van der Waals surface area contributed by atoms with Gasteiger partial charge in [-0.2, -0.15) is 4.31 Å². The number of fused-ring (bicyclic) bond motifs is 1. The number of amides is 1. The Morgan fingerprint density at radius 1 is 0.897 bits per heavy atom. The van der Waals surface area contributed by atoms with Gasteiger partial charge in [-0.1, -0.05) is 17.7 Å². The molecular weight excluding hydrogens is 392 g/mol. The van der Waals surface area contributed by atoms with Crippen molar-refractivity contribution in [1.29, 1.82) is 0 Å². The highest BCUT2D eigenvalue weighted by atomic mass is 32.2. The highest BCUT2D eigenvalue weighted by molar-refractivity contribution is 7.89. The highest BCUT2D eigenvalue weighted by Gasteiger charge is 2.30. The van der Waals surface area contributed by atoms with E-state index in [0.717, 1.165) is 12.0 Å². The van der Waals surface area contributed by atoms with E-state index in [9.17, 15) is 13.2 Å². The summed E-state index contributed by atoms with van der Waals surface area (Å²) in [6, 6.07) is 12.0. The van der Waals surface area contributed by atoms with E-state index >= 15 is 0 Å². The van der Waals surface area contributed by atoms with Crippen molar-refractivity contribution in [2.45, 2.75) is 18.2 Å². The minimum Gasteiger partial charge on any atom is -0.490 e. The molecule has 7 nitrogen and oxygen atoms in total. The second kappa shape index (κ2) is 8.04. The van der Waals surface area contributed by atoms with Crippen molar-refractivity contribution in [3.05, 3.63) is 53.6 Å². The molecule has 2 aliphatic heterocycles. The average molecular weight is 416 g/mol.